The summed E-state index contributed by atoms with van der Waals surface area (Å²) in [4.78, 5) is 12.5. The van der Waals surface area contributed by atoms with Crippen LogP contribution in [0.15, 0.2) is 91.0 Å². The Kier molecular flexibility index (Phi) is 7.01. The van der Waals surface area contributed by atoms with Crippen molar-refractivity contribution in [2.24, 2.45) is 5.92 Å². The van der Waals surface area contributed by atoms with Gasteiger partial charge in [0.1, 0.15) is 0 Å². The minimum atomic E-state index is -2.62. The number of carbonyl (C=O) groups is 1. The van der Waals surface area contributed by atoms with Crippen molar-refractivity contribution in [2.75, 3.05) is 13.2 Å². The molecule has 0 spiro atoms. The van der Waals surface area contributed by atoms with Crippen LogP contribution in [0, 0.1) is 5.92 Å². The van der Waals surface area contributed by atoms with Crippen molar-refractivity contribution in [3.8, 4) is 0 Å². The molecule has 0 bridgehead atoms. The zero-order valence-corrected chi connectivity index (χ0v) is 21.6. The molecule has 0 saturated carbocycles. The summed E-state index contributed by atoms with van der Waals surface area (Å²) in [6, 6.07) is 31.6. The van der Waals surface area contributed by atoms with Crippen molar-refractivity contribution >= 4 is 44.1 Å². The van der Waals surface area contributed by atoms with Crippen LogP contribution in [0.5, 0.6) is 0 Å². The molecule has 32 heavy (non-hydrogen) atoms. The summed E-state index contributed by atoms with van der Waals surface area (Å²) in [7, 11) is -2.62. The Morgan fingerprint density at radius 1 is 0.875 bits per heavy atom. The zero-order valence-electron chi connectivity index (χ0n) is 18.9. The molecule has 5 heteroatoms. The number of ether oxygens (including phenoxy) is 1. The molecule has 1 fully saturated rings. The van der Waals surface area contributed by atoms with E-state index in [1.807, 2.05) is 18.2 Å². The molecule has 1 aliphatic rings. The summed E-state index contributed by atoms with van der Waals surface area (Å²) in [5.41, 5.74) is 0. The molecular weight excluding hydrogens is 479 g/mol. The van der Waals surface area contributed by atoms with Crippen molar-refractivity contribution in [1.29, 1.82) is 0 Å². The van der Waals surface area contributed by atoms with Crippen molar-refractivity contribution in [2.45, 2.75) is 30.6 Å². The van der Waals surface area contributed by atoms with E-state index in [0.29, 0.717) is 13.2 Å². The first-order chi connectivity index (χ1) is 15.4. The van der Waals surface area contributed by atoms with E-state index in [2.05, 4.69) is 93.6 Å². The van der Waals surface area contributed by atoms with Gasteiger partial charge in [0.2, 0.25) is 0 Å². The SMILES string of the molecule is CC(C)(C)[Si](OC[C@H]1COC(=O)[C@@H]1[Se]c1ccccc1)(c1ccccc1)c1ccccc1. The molecule has 0 radical (unpaired) electrons. The fourth-order valence-electron chi connectivity index (χ4n) is 4.47. The second-order valence-electron chi connectivity index (χ2n) is 9.22. The second kappa shape index (κ2) is 9.76. The predicted octanol–water partition coefficient (Wildman–Crippen LogP) is 3.55. The van der Waals surface area contributed by atoms with Crippen LogP contribution in [0.1, 0.15) is 20.8 Å². The second-order valence-corrected chi connectivity index (χ2v) is 16.1. The molecule has 2 atom stereocenters. The maximum atomic E-state index is 12.6. The van der Waals surface area contributed by atoms with E-state index in [1.54, 1.807) is 0 Å². The predicted molar refractivity (Wildman–Crippen MR) is 134 cm³/mol. The van der Waals surface area contributed by atoms with E-state index in [9.17, 15) is 4.79 Å². The standard InChI is InChI=1S/C27H30O3SeSi/c1-27(2,3)32(23-15-9-5-10-16-23,24-17-11-6-12-18-24)30-20-21-19-29-26(28)25(21)31-22-13-7-4-8-14-22/h4-18,21,25H,19-20H2,1-3H3/t21-,25-/m1/s1. The Morgan fingerprint density at radius 2 is 1.38 bits per heavy atom. The molecule has 3 aromatic carbocycles. The molecular formula is C27H30O3SeSi. The summed E-state index contributed by atoms with van der Waals surface area (Å²) in [6.07, 6.45) is 0. The molecule has 0 N–H and O–H groups in total. The Morgan fingerprint density at radius 3 is 1.88 bits per heavy atom. The number of hydrogen-bond donors (Lipinski definition) is 0. The topological polar surface area (TPSA) is 35.5 Å². The molecule has 1 heterocycles. The van der Waals surface area contributed by atoms with Crippen molar-refractivity contribution in [3.63, 3.8) is 0 Å². The normalized spacial score (nSPS) is 19.0. The van der Waals surface area contributed by atoms with Crippen LogP contribution in [0.4, 0.5) is 0 Å². The van der Waals surface area contributed by atoms with Gasteiger partial charge < -0.3 is 0 Å². The Labute approximate surface area is 198 Å². The van der Waals surface area contributed by atoms with Gasteiger partial charge >= 0.3 is 199 Å². The van der Waals surface area contributed by atoms with Gasteiger partial charge in [0.05, 0.1) is 0 Å². The number of carbonyl (C=O) groups excluding carboxylic acids is 1. The molecule has 0 aliphatic carbocycles. The number of cyclic esters (lactones) is 1. The molecule has 1 saturated heterocycles. The van der Waals surface area contributed by atoms with E-state index >= 15 is 0 Å². The molecule has 1 aliphatic heterocycles. The van der Waals surface area contributed by atoms with Gasteiger partial charge in [-0.2, -0.15) is 0 Å². The van der Waals surface area contributed by atoms with Gasteiger partial charge in [0.25, 0.3) is 0 Å². The number of rotatable bonds is 7. The van der Waals surface area contributed by atoms with Gasteiger partial charge in [-0.3, -0.25) is 0 Å². The van der Waals surface area contributed by atoms with Crippen LogP contribution in [-0.4, -0.2) is 42.5 Å². The fourth-order valence-corrected chi connectivity index (χ4v) is 11.4. The monoisotopic (exact) mass is 510 g/mol. The van der Waals surface area contributed by atoms with Gasteiger partial charge in [-0.1, -0.05) is 0 Å². The maximum absolute atomic E-state index is 12.6. The summed E-state index contributed by atoms with van der Waals surface area (Å²) in [6.45, 7) is 7.80. The average molecular weight is 510 g/mol. The summed E-state index contributed by atoms with van der Waals surface area (Å²) >= 11 is 0.0221. The Balaban J connectivity index is 1.67. The third-order valence-corrected chi connectivity index (χ3v) is 13.9. The Bertz CT molecular complexity index is 980. The number of benzene rings is 3. The van der Waals surface area contributed by atoms with Crippen LogP contribution in [0.25, 0.3) is 0 Å². The van der Waals surface area contributed by atoms with Gasteiger partial charge in [-0.05, 0) is 0 Å². The van der Waals surface area contributed by atoms with E-state index < -0.39 is 8.32 Å². The van der Waals surface area contributed by atoms with Crippen molar-refractivity contribution < 1.29 is 14.0 Å². The molecule has 0 unspecified atom stereocenters. The van der Waals surface area contributed by atoms with Gasteiger partial charge in [-0.25, -0.2) is 0 Å². The first-order valence-electron chi connectivity index (χ1n) is 11.1. The third kappa shape index (κ3) is 4.62. The van der Waals surface area contributed by atoms with Crippen LogP contribution >= 0.6 is 0 Å². The summed E-state index contributed by atoms with van der Waals surface area (Å²) in [5.74, 6) is -0.00532. The molecule has 4 rings (SSSR count). The van der Waals surface area contributed by atoms with Gasteiger partial charge in [0, 0.05) is 0 Å². The molecule has 0 aromatic heterocycles. The molecule has 3 nitrogen and oxygen atoms in total. The molecule has 0 amide bonds. The van der Waals surface area contributed by atoms with Crippen LogP contribution in [0.2, 0.25) is 9.85 Å². The zero-order chi connectivity index (χ0) is 22.6. The summed E-state index contributed by atoms with van der Waals surface area (Å²) in [5, 5.41) is 2.43. The third-order valence-electron chi connectivity index (χ3n) is 6.04. The fraction of sp³-hybridized carbons (Fsp3) is 0.296. The minimum absolute atomic E-state index is 0.0221. The van der Waals surface area contributed by atoms with Crippen molar-refractivity contribution in [3.05, 3.63) is 91.0 Å². The van der Waals surface area contributed by atoms with Crippen LogP contribution in [-0.2, 0) is 14.0 Å². The van der Waals surface area contributed by atoms with Crippen molar-refractivity contribution in [1.82, 2.24) is 0 Å². The quantitative estimate of drug-likeness (QED) is 0.361. The average Bonchev–Trinajstić information content (AvgIpc) is 3.15. The van der Waals surface area contributed by atoms with E-state index in [-0.39, 0.29) is 36.7 Å². The first kappa shape index (κ1) is 23.0. The molecule has 166 valence electrons. The molecule has 3 aromatic rings. The number of hydrogen-bond acceptors (Lipinski definition) is 3. The van der Waals surface area contributed by atoms with E-state index in [4.69, 9.17) is 9.16 Å². The van der Waals surface area contributed by atoms with Crippen LogP contribution < -0.4 is 14.8 Å². The van der Waals surface area contributed by atoms with E-state index in [0.717, 1.165) is 0 Å². The Hall–Kier alpha value is -2.17. The summed E-state index contributed by atoms with van der Waals surface area (Å²) < 4.78 is 13.8. The number of esters is 1. The van der Waals surface area contributed by atoms with Gasteiger partial charge in [-0.15, -0.1) is 0 Å². The van der Waals surface area contributed by atoms with Crippen LogP contribution in [0.3, 0.4) is 0 Å². The van der Waals surface area contributed by atoms with Gasteiger partial charge in [0.15, 0.2) is 0 Å². The first-order valence-corrected chi connectivity index (χ1v) is 14.8. The van der Waals surface area contributed by atoms with E-state index in [1.165, 1.54) is 14.8 Å².